The molecule has 0 atom stereocenters. The lowest BCUT2D eigenvalue weighted by Gasteiger charge is -2.24. The second-order valence-corrected chi connectivity index (χ2v) is 17.3. The Labute approximate surface area is 330 Å². The number of pyridine rings is 2. The average molecular weight is 763 g/mol. The molecule has 58 heavy (non-hydrogen) atoms. The fourth-order valence-corrected chi connectivity index (χ4v) is 10.0. The molecule has 0 aliphatic carbocycles. The average Bonchev–Trinajstić information content (AvgIpc) is 3.20. The molecule has 0 fully saturated rings. The van der Waals surface area contributed by atoms with Crippen LogP contribution in [0.3, 0.4) is 0 Å². The van der Waals surface area contributed by atoms with Crippen molar-refractivity contribution in [2.75, 3.05) is 0 Å². The summed E-state index contributed by atoms with van der Waals surface area (Å²) in [5, 5.41) is 25.5. The van der Waals surface area contributed by atoms with Gasteiger partial charge in [0.05, 0.1) is 55.0 Å². The van der Waals surface area contributed by atoms with Crippen LogP contribution in [0.2, 0.25) is 0 Å². The van der Waals surface area contributed by atoms with Crippen molar-refractivity contribution in [1.29, 1.82) is 0 Å². The molecule has 4 aromatic heterocycles. The number of rotatable bonds is 6. The highest BCUT2D eigenvalue weighted by atomic mass is 16.2. The minimum Gasteiger partial charge on any atom is -0.268 e. The number of hydrogen-bond donors (Lipinski definition) is 0. The summed E-state index contributed by atoms with van der Waals surface area (Å²) in [5.74, 6) is 0.165. The molecule has 0 aliphatic rings. The maximum atomic E-state index is 15.0. The zero-order valence-electron chi connectivity index (χ0n) is 33.4. The first-order valence-electron chi connectivity index (χ1n) is 20.0. The third-order valence-corrected chi connectivity index (χ3v) is 12.6. The summed E-state index contributed by atoms with van der Waals surface area (Å²) in [6.07, 6.45) is 0. The van der Waals surface area contributed by atoms with Gasteiger partial charge in [-0.3, -0.25) is 19.2 Å². The summed E-state index contributed by atoms with van der Waals surface area (Å²) in [6, 6.07) is 18.9. The van der Waals surface area contributed by atoms with Gasteiger partial charge in [0.25, 0.3) is 22.2 Å². The Morgan fingerprint density at radius 1 is 0.362 bits per heavy atom. The van der Waals surface area contributed by atoms with Crippen molar-refractivity contribution in [1.82, 2.24) is 29.5 Å². The summed E-state index contributed by atoms with van der Waals surface area (Å²) in [6.45, 7) is 16.5. The van der Waals surface area contributed by atoms with E-state index in [-0.39, 0.29) is 23.7 Å². The lowest BCUT2D eigenvalue weighted by atomic mass is 9.84. The lowest BCUT2D eigenvalue weighted by molar-refractivity contribution is 0.792. The molecule has 0 bridgehead atoms. The number of para-hydroxylation sites is 2. The van der Waals surface area contributed by atoms with Gasteiger partial charge in [-0.15, -0.1) is 20.4 Å². The Bertz CT molecular complexity index is 3310. The van der Waals surface area contributed by atoms with Gasteiger partial charge >= 0.3 is 0 Å². The van der Waals surface area contributed by atoms with Gasteiger partial charge in [0.15, 0.2) is 0 Å². The minimum atomic E-state index is -0.427. The molecule has 11 rings (SSSR count). The normalized spacial score (nSPS) is 13.0. The van der Waals surface area contributed by atoms with Crippen molar-refractivity contribution in [3.8, 4) is 11.4 Å². The topological polar surface area (TPSA) is 130 Å². The zero-order valence-corrected chi connectivity index (χ0v) is 33.4. The van der Waals surface area contributed by atoms with Gasteiger partial charge in [0, 0.05) is 43.1 Å². The van der Waals surface area contributed by atoms with Gasteiger partial charge in [-0.25, -0.2) is 9.13 Å². The Hall–Kier alpha value is -6.68. The minimum absolute atomic E-state index is 0.0412. The molecule has 10 heteroatoms. The predicted molar refractivity (Wildman–Crippen MR) is 234 cm³/mol. The standard InChI is InChI=1S/C48H38N6O4/c1-19(2)23-11-9-12-24(20(3)4)43(23)53-45(55)27-15-31-37-39-33(51-49-31)17-29-36-30(48(58)54(47(29)57)44-25(21(5)6)13-10-14-26(44)22(7)8)18-34-40(42(36)39)38-32(50-52-34)16-28(46(53)56)35(27)41(37)38/h9-22H,1-8H3. The van der Waals surface area contributed by atoms with Crippen molar-refractivity contribution < 1.29 is 0 Å². The Morgan fingerprint density at radius 3 is 0.828 bits per heavy atom. The van der Waals surface area contributed by atoms with Gasteiger partial charge < -0.3 is 0 Å². The van der Waals surface area contributed by atoms with Crippen LogP contribution in [0.1, 0.15) is 101 Å². The zero-order chi connectivity index (χ0) is 40.4. The summed E-state index contributed by atoms with van der Waals surface area (Å²) >= 11 is 0. The van der Waals surface area contributed by atoms with Crippen LogP contribution in [0.15, 0.2) is 79.8 Å². The molecule has 0 aliphatic heterocycles. The van der Waals surface area contributed by atoms with E-state index in [9.17, 15) is 19.2 Å². The molecule has 11 aromatic rings. The third-order valence-electron chi connectivity index (χ3n) is 12.6. The van der Waals surface area contributed by atoms with Crippen LogP contribution >= 0.6 is 0 Å². The summed E-state index contributed by atoms with van der Waals surface area (Å²) < 4.78 is 2.68. The van der Waals surface area contributed by atoms with E-state index >= 15 is 0 Å². The van der Waals surface area contributed by atoms with E-state index in [2.05, 4.69) is 55.4 Å². The highest BCUT2D eigenvalue weighted by molar-refractivity contribution is 6.48. The fourth-order valence-electron chi connectivity index (χ4n) is 10.0. The molecular weight excluding hydrogens is 725 g/mol. The summed E-state index contributed by atoms with van der Waals surface area (Å²) in [5.41, 5.74) is 5.01. The molecule has 284 valence electrons. The van der Waals surface area contributed by atoms with Crippen LogP contribution in [0, 0.1) is 0 Å². The predicted octanol–water partition coefficient (Wildman–Crippen LogP) is 9.20. The Balaban J connectivity index is 1.35. The van der Waals surface area contributed by atoms with E-state index in [0.29, 0.717) is 98.1 Å². The van der Waals surface area contributed by atoms with Crippen molar-refractivity contribution in [3.05, 3.63) is 124 Å². The molecule has 0 N–H and O–H groups in total. The van der Waals surface area contributed by atoms with E-state index in [1.54, 1.807) is 24.3 Å². The van der Waals surface area contributed by atoms with E-state index < -0.39 is 22.2 Å². The van der Waals surface area contributed by atoms with Gasteiger partial charge in [-0.2, -0.15) is 0 Å². The third kappa shape index (κ3) is 4.11. The highest BCUT2D eigenvalue weighted by Crippen LogP contribution is 2.49. The number of nitrogens with zero attached hydrogens (tertiary/aromatic N) is 6. The second kappa shape index (κ2) is 11.5. The smallest absolute Gasteiger partial charge is 0.266 e. The van der Waals surface area contributed by atoms with Crippen molar-refractivity contribution in [3.63, 3.8) is 0 Å². The first kappa shape index (κ1) is 34.6. The lowest BCUT2D eigenvalue weighted by Crippen LogP contribution is -2.34. The fraction of sp³-hybridized carbons (Fsp3) is 0.250. The molecule has 0 radical (unpaired) electrons. The summed E-state index contributed by atoms with van der Waals surface area (Å²) in [7, 11) is 0. The molecule has 4 heterocycles. The van der Waals surface area contributed by atoms with Crippen LogP contribution in [-0.4, -0.2) is 29.5 Å². The van der Waals surface area contributed by atoms with E-state index in [4.69, 9.17) is 20.4 Å². The van der Waals surface area contributed by atoms with Crippen LogP contribution in [0.5, 0.6) is 0 Å². The molecule has 10 nitrogen and oxygen atoms in total. The van der Waals surface area contributed by atoms with Gasteiger partial charge in [0.1, 0.15) is 0 Å². The number of benzene rings is 7. The van der Waals surface area contributed by atoms with Crippen LogP contribution in [-0.2, 0) is 0 Å². The first-order chi connectivity index (χ1) is 27.8. The van der Waals surface area contributed by atoms with Crippen molar-refractivity contribution >= 4 is 86.7 Å². The van der Waals surface area contributed by atoms with Gasteiger partial charge in [-0.05, 0) is 70.2 Å². The quantitative estimate of drug-likeness (QED) is 0.121. The summed E-state index contributed by atoms with van der Waals surface area (Å²) in [4.78, 5) is 59.9. The van der Waals surface area contributed by atoms with Crippen molar-refractivity contribution in [2.24, 2.45) is 0 Å². The number of aromatic nitrogens is 6. The molecule has 0 amide bonds. The molecular formula is C48H38N6O4. The van der Waals surface area contributed by atoms with Crippen LogP contribution in [0.4, 0.5) is 0 Å². The SMILES string of the molecule is CC(C)c1cccc(C(C)C)c1-n1c(=O)c2cc3nnc4cc5c(=O)n(-c6c(C(C)C)cccc6C(C)C)c(=O)c6cc7nnc8cc(c1=O)c2c1c3c4c(c56)c7c81. The highest BCUT2D eigenvalue weighted by Gasteiger charge is 2.31. The molecule has 0 spiro atoms. The Morgan fingerprint density at radius 2 is 0.603 bits per heavy atom. The monoisotopic (exact) mass is 762 g/mol. The van der Waals surface area contributed by atoms with E-state index in [1.165, 1.54) is 9.13 Å². The largest absolute Gasteiger partial charge is 0.268 e. The van der Waals surface area contributed by atoms with Crippen LogP contribution < -0.4 is 22.2 Å². The van der Waals surface area contributed by atoms with E-state index in [0.717, 1.165) is 22.3 Å². The molecule has 0 saturated heterocycles. The molecule has 0 unspecified atom stereocenters. The van der Waals surface area contributed by atoms with Gasteiger partial charge in [0.2, 0.25) is 0 Å². The van der Waals surface area contributed by atoms with Crippen molar-refractivity contribution in [2.45, 2.75) is 79.1 Å². The Kier molecular flexibility index (Phi) is 6.83. The van der Waals surface area contributed by atoms with E-state index in [1.807, 2.05) is 36.4 Å². The second-order valence-electron chi connectivity index (χ2n) is 17.3. The molecule has 0 saturated carbocycles. The molecule has 7 aromatic carbocycles. The first-order valence-corrected chi connectivity index (χ1v) is 20.0. The maximum Gasteiger partial charge on any atom is 0.266 e. The maximum absolute atomic E-state index is 15.0. The van der Waals surface area contributed by atoms with Crippen LogP contribution in [0.25, 0.3) is 98.1 Å². The number of hydrogen-bond acceptors (Lipinski definition) is 8. The van der Waals surface area contributed by atoms with Gasteiger partial charge in [-0.1, -0.05) is 91.8 Å².